The number of alkyl halides is 3. The molecule has 0 amide bonds. The van der Waals surface area contributed by atoms with Crippen LogP contribution in [0.5, 0.6) is 0 Å². The Kier molecular flexibility index (Phi) is 4.44. The van der Waals surface area contributed by atoms with Crippen molar-refractivity contribution in [1.29, 1.82) is 0 Å². The van der Waals surface area contributed by atoms with Gasteiger partial charge < -0.3 is 0 Å². The Hall–Kier alpha value is 0.200. The Labute approximate surface area is 100 Å². The first-order valence-electron chi connectivity index (χ1n) is 4.20. The summed E-state index contributed by atoms with van der Waals surface area (Å²) in [6.45, 7) is 1.79. The highest BCUT2D eigenvalue weighted by molar-refractivity contribution is 8.00. The van der Waals surface area contributed by atoms with Gasteiger partial charge in [-0.15, -0.1) is 11.8 Å². The number of rotatable bonds is 2. The lowest BCUT2D eigenvalue weighted by atomic mass is 10.1. The molecule has 0 bridgehead atoms. The van der Waals surface area contributed by atoms with Crippen molar-refractivity contribution in [3.8, 4) is 0 Å². The number of hydrogen-bond donors (Lipinski definition) is 0. The molecule has 0 aromatic carbocycles. The summed E-state index contributed by atoms with van der Waals surface area (Å²) < 4.78 is 36.0. The fourth-order valence-electron chi connectivity index (χ4n) is 1.14. The van der Waals surface area contributed by atoms with Crippen molar-refractivity contribution < 1.29 is 13.2 Å². The molecule has 0 spiro atoms. The van der Waals surface area contributed by atoms with Gasteiger partial charge in [0.05, 0.1) is 5.75 Å². The molecule has 1 atom stereocenters. The van der Waals surface area contributed by atoms with Crippen molar-refractivity contribution in [2.45, 2.75) is 24.8 Å². The average Bonchev–Trinajstić information content (AvgIpc) is 2.07. The number of allylic oxidation sites excluding steroid dienone is 3. The molecule has 0 aromatic rings. The summed E-state index contributed by atoms with van der Waals surface area (Å²) in [5, 5.41) is 0.597. The molecule has 15 heavy (non-hydrogen) atoms. The Morgan fingerprint density at radius 1 is 1.47 bits per heavy atom. The van der Waals surface area contributed by atoms with E-state index in [1.807, 2.05) is 0 Å². The van der Waals surface area contributed by atoms with E-state index < -0.39 is 11.9 Å². The Morgan fingerprint density at radius 2 is 2.07 bits per heavy atom. The molecular weight excluding hydrogens is 268 g/mol. The summed E-state index contributed by atoms with van der Waals surface area (Å²) in [6.07, 6.45) is -2.15. The second-order valence-corrected chi connectivity index (χ2v) is 5.31. The van der Waals surface area contributed by atoms with Crippen LogP contribution in [-0.4, -0.2) is 17.2 Å². The standard InChI is InChI=1S/C9H9Cl2F3S/c1-5-2-8(7(11)3-6(5)10)15-4-9(12,13)14/h3,8H,2,4H2,1H3. The van der Waals surface area contributed by atoms with Gasteiger partial charge >= 0.3 is 6.18 Å². The highest BCUT2D eigenvalue weighted by Crippen LogP contribution is 2.37. The summed E-state index contributed by atoms with van der Waals surface area (Å²) in [4.78, 5) is 0. The Bertz CT molecular complexity index is 307. The number of halogens is 5. The van der Waals surface area contributed by atoms with Crippen LogP contribution in [-0.2, 0) is 0 Å². The topological polar surface area (TPSA) is 0 Å². The maximum atomic E-state index is 12.0. The van der Waals surface area contributed by atoms with Crippen LogP contribution in [0, 0.1) is 0 Å². The zero-order valence-corrected chi connectivity index (χ0v) is 10.2. The molecule has 0 aliphatic heterocycles. The van der Waals surface area contributed by atoms with Crippen LogP contribution in [0.15, 0.2) is 21.7 Å². The third-order valence-electron chi connectivity index (χ3n) is 1.92. The van der Waals surface area contributed by atoms with E-state index in [-0.39, 0.29) is 5.25 Å². The molecule has 0 saturated heterocycles. The molecule has 6 heteroatoms. The maximum absolute atomic E-state index is 12.0. The SMILES string of the molecule is CC1=C(Cl)C=C(Cl)C(SCC(F)(F)F)C1. The van der Waals surface area contributed by atoms with Crippen LogP contribution in [0.25, 0.3) is 0 Å². The summed E-state index contributed by atoms with van der Waals surface area (Å²) in [7, 11) is 0. The summed E-state index contributed by atoms with van der Waals surface area (Å²) in [5.41, 5.74) is 0.876. The second kappa shape index (κ2) is 5.02. The first kappa shape index (κ1) is 13.3. The number of thioether (sulfide) groups is 1. The van der Waals surface area contributed by atoms with E-state index in [2.05, 4.69) is 0 Å². The molecule has 0 fully saturated rings. The van der Waals surface area contributed by atoms with Crippen molar-refractivity contribution in [2.24, 2.45) is 0 Å². The van der Waals surface area contributed by atoms with Gasteiger partial charge in [-0.1, -0.05) is 28.8 Å². The van der Waals surface area contributed by atoms with E-state index in [4.69, 9.17) is 23.2 Å². The molecule has 1 rings (SSSR count). The summed E-state index contributed by atoms with van der Waals surface area (Å²) in [5.74, 6) is -0.882. The van der Waals surface area contributed by atoms with Gasteiger partial charge in [0.1, 0.15) is 0 Å². The first-order valence-corrected chi connectivity index (χ1v) is 6.01. The molecule has 0 N–H and O–H groups in total. The monoisotopic (exact) mass is 276 g/mol. The van der Waals surface area contributed by atoms with Crippen LogP contribution < -0.4 is 0 Å². The third kappa shape index (κ3) is 4.29. The van der Waals surface area contributed by atoms with E-state index in [1.54, 1.807) is 6.92 Å². The van der Waals surface area contributed by atoms with Gasteiger partial charge in [-0.05, 0) is 19.4 Å². The molecule has 0 nitrogen and oxygen atoms in total. The van der Waals surface area contributed by atoms with Gasteiger partial charge in [0, 0.05) is 15.3 Å². The molecule has 1 aliphatic carbocycles. The molecule has 0 aromatic heterocycles. The third-order valence-corrected chi connectivity index (χ3v) is 4.17. The van der Waals surface area contributed by atoms with Crippen molar-refractivity contribution in [2.75, 3.05) is 5.75 Å². The predicted octanol–water partition coefficient (Wildman–Crippen LogP) is 4.69. The lowest BCUT2D eigenvalue weighted by Crippen LogP contribution is -2.17. The van der Waals surface area contributed by atoms with Crippen LogP contribution in [0.1, 0.15) is 13.3 Å². The van der Waals surface area contributed by atoms with E-state index in [9.17, 15) is 13.2 Å². The van der Waals surface area contributed by atoms with E-state index in [0.29, 0.717) is 16.5 Å². The van der Waals surface area contributed by atoms with Crippen molar-refractivity contribution >= 4 is 35.0 Å². The Balaban J connectivity index is 2.57. The fraction of sp³-hybridized carbons (Fsp3) is 0.556. The van der Waals surface area contributed by atoms with Gasteiger partial charge in [0.25, 0.3) is 0 Å². The van der Waals surface area contributed by atoms with Crippen LogP contribution >= 0.6 is 35.0 Å². The molecule has 1 aliphatic rings. The van der Waals surface area contributed by atoms with Gasteiger partial charge in [0.2, 0.25) is 0 Å². The molecule has 0 saturated carbocycles. The second-order valence-electron chi connectivity index (χ2n) is 3.28. The molecule has 0 heterocycles. The van der Waals surface area contributed by atoms with Crippen molar-refractivity contribution in [1.82, 2.24) is 0 Å². The average molecular weight is 277 g/mol. The highest BCUT2D eigenvalue weighted by atomic mass is 35.5. The maximum Gasteiger partial charge on any atom is 0.397 e. The van der Waals surface area contributed by atoms with Gasteiger partial charge in [-0.25, -0.2) is 0 Å². The van der Waals surface area contributed by atoms with E-state index >= 15 is 0 Å². The fourth-order valence-corrected chi connectivity index (χ4v) is 2.75. The summed E-state index contributed by atoms with van der Waals surface area (Å²) in [6, 6.07) is 0. The minimum atomic E-state index is -4.15. The zero-order valence-electron chi connectivity index (χ0n) is 7.87. The van der Waals surface area contributed by atoms with Crippen molar-refractivity contribution in [3.63, 3.8) is 0 Å². The Morgan fingerprint density at radius 3 is 2.60 bits per heavy atom. The number of hydrogen-bond acceptors (Lipinski definition) is 1. The van der Waals surface area contributed by atoms with Crippen LogP contribution in [0.3, 0.4) is 0 Å². The first-order chi connectivity index (χ1) is 6.79. The lowest BCUT2D eigenvalue weighted by Gasteiger charge is -2.21. The highest BCUT2D eigenvalue weighted by Gasteiger charge is 2.30. The van der Waals surface area contributed by atoms with E-state index in [0.717, 1.165) is 17.3 Å². The largest absolute Gasteiger partial charge is 0.397 e. The molecule has 1 unspecified atom stereocenters. The van der Waals surface area contributed by atoms with Crippen LogP contribution in [0.4, 0.5) is 13.2 Å². The van der Waals surface area contributed by atoms with Gasteiger partial charge in [-0.2, -0.15) is 13.2 Å². The predicted molar refractivity (Wildman–Crippen MR) is 59.4 cm³/mol. The molecular formula is C9H9Cl2F3S. The minimum absolute atomic E-state index is 0.323. The van der Waals surface area contributed by atoms with Crippen molar-refractivity contribution in [3.05, 3.63) is 21.7 Å². The quantitative estimate of drug-likeness (QED) is 0.705. The van der Waals surface area contributed by atoms with Gasteiger partial charge in [-0.3, -0.25) is 0 Å². The van der Waals surface area contributed by atoms with Crippen LogP contribution in [0.2, 0.25) is 0 Å². The zero-order chi connectivity index (χ0) is 11.6. The summed E-state index contributed by atoms with van der Waals surface area (Å²) >= 11 is 12.4. The minimum Gasteiger partial charge on any atom is -0.170 e. The lowest BCUT2D eigenvalue weighted by molar-refractivity contribution is -0.105. The molecule has 0 radical (unpaired) electrons. The van der Waals surface area contributed by atoms with E-state index in [1.165, 1.54) is 6.08 Å². The molecule has 86 valence electrons. The van der Waals surface area contributed by atoms with Gasteiger partial charge in [0.15, 0.2) is 0 Å². The smallest absolute Gasteiger partial charge is 0.170 e. The normalized spacial score (nSPS) is 23.1.